The van der Waals surface area contributed by atoms with Gasteiger partial charge in [0.15, 0.2) is 17.6 Å². The third-order valence-electron chi connectivity index (χ3n) is 10.7. The van der Waals surface area contributed by atoms with Crippen LogP contribution in [0.3, 0.4) is 0 Å². The third-order valence-corrected chi connectivity index (χ3v) is 15.7. The first-order valence-corrected chi connectivity index (χ1v) is 24.1. The van der Waals surface area contributed by atoms with Gasteiger partial charge in [0.1, 0.15) is 4.70 Å². The Kier molecular flexibility index (Phi) is 11.5. The number of thiophene rings is 1. The summed E-state index contributed by atoms with van der Waals surface area (Å²) in [6, 6.07) is 30.4. The summed E-state index contributed by atoms with van der Waals surface area (Å²) in [5, 5.41) is 4.54. The standard InChI is InChI=1S/C44H42N2O5S5/c1-3-30(25-43-45(21-6-7-24-55(47)48)38-28-33(15-18-41(38)53-43)36-16-13-31-9-4-5-10-34(31)36)26-44-46(22-19-29(2)56(49,50)51)39-27-32(14-17-42(39)54-44)35-11-8-12-40-37(35)20-23-52-40/h4-5,8-18,20,23,25-29,36H,3,6-7,19,21-22,24H2,1-2H3,(H-,47,48,49,50,51)/p+1. The maximum atomic E-state index is 12.1. The SMILES string of the molecule is CCC(=Cc1sc2ccc(-c3cccc4sccc34)cc2[n+]1CCC(C)S(=O)(=O)O)C=C1Sc2ccc(C3C=Cc4ccccc43)cc2N1CCCCS(=O)O. The van der Waals surface area contributed by atoms with Gasteiger partial charge in [0.05, 0.1) is 16.0 Å². The van der Waals surface area contributed by atoms with E-state index in [4.69, 9.17) is 0 Å². The van der Waals surface area contributed by atoms with Crippen LogP contribution in [0.15, 0.2) is 118 Å². The average molecular weight is 840 g/mol. The molecule has 56 heavy (non-hydrogen) atoms. The molecule has 4 aromatic carbocycles. The number of allylic oxidation sites excluding steroid dienone is 3. The van der Waals surface area contributed by atoms with Gasteiger partial charge in [-0.1, -0.05) is 90.7 Å². The number of aryl methyl sites for hydroxylation is 1. The molecule has 7 nitrogen and oxygen atoms in total. The molecule has 0 amide bonds. The van der Waals surface area contributed by atoms with Crippen molar-refractivity contribution in [2.75, 3.05) is 17.2 Å². The molecule has 2 aliphatic rings. The van der Waals surface area contributed by atoms with Crippen LogP contribution in [0.5, 0.6) is 0 Å². The second kappa shape index (κ2) is 16.5. The number of unbranched alkanes of at least 4 members (excludes halogenated alkanes) is 1. The molecule has 1 aliphatic carbocycles. The third kappa shape index (κ3) is 8.11. The van der Waals surface area contributed by atoms with Crippen LogP contribution in [0.25, 0.3) is 43.6 Å². The van der Waals surface area contributed by atoms with Gasteiger partial charge in [-0.25, -0.2) is 4.21 Å². The van der Waals surface area contributed by atoms with Crippen molar-refractivity contribution < 1.29 is 26.3 Å². The predicted molar refractivity (Wildman–Crippen MR) is 237 cm³/mol. The van der Waals surface area contributed by atoms with E-state index in [2.05, 4.69) is 131 Å². The van der Waals surface area contributed by atoms with Crippen molar-refractivity contribution in [2.24, 2.45) is 0 Å². The van der Waals surface area contributed by atoms with E-state index < -0.39 is 26.4 Å². The van der Waals surface area contributed by atoms with Crippen LogP contribution in [0.2, 0.25) is 0 Å². The molecule has 0 spiro atoms. The van der Waals surface area contributed by atoms with Gasteiger partial charge in [-0.2, -0.15) is 13.0 Å². The molecule has 8 rings (SSSR count). The van der Waals surface area contributed by atoms with Crippen molar-refractivity contribution in [3.8, 4) is 11.1 Å². The molecular weight excluding hydrogens is 797 g/mol. The Hall–Kier alpha value is -3.88. The van der Waals surface area contributed by atoms with E-state index in [1.54, 1.807) is 41.4 Å². The van der Waals surface area contributed by atoms with Crippen LogP contribution < -0.4 is 9.47 Å². The fourth-order valence-electron chi connectivity index (χ4n) is 7.56. The summed E-state index contributed by atoms with van der Waals surface area (Å²) in [6.07, 6.45) is 11.4. The van der Waals surface area contributed by atoms with Gasteiger partial charge >= 0.3 is 0 Å². The Morgan fingerprint density at radius 1 is 1.02 bits per heavy atom. The Morgan fingerprint density at radius 3 is 2.70 bits per heavy atom. The summed E-state index contributed by atoms with van der Waals surface area (Å²) in [7, 11) is -4.18. The van der Waals surface area contributed by atoms with Gasteiger partial charge in [-0.15, -0.1) is 11.3 Å². The molecule has 3 heterocycles. The highest BCUT2D eigenvalue weighted by Gasteiger charge is 2.29. The quantitative estimate of drug-likeness (QED) is 0.0488. The molecular formula is C44H43N2O5S5+. The first kappa shape index (κ1) is 39.0. The van der Waals surface area contributed by atoms with Crippen molar-refractivity contribution in [3.63, 3.8) is 0 Å². The second-order valence-corrected chi connectivity index (χ2v) is 20.2. The van der Waals surface area contributed by atoms with E-state index in [9.17, 15) is 21.7 Å². The molecule has 0 radical (unpaired) electrons. The zero-order valence-corrected chi connectivity index (χ0v) is 35.2. The number of aromatic nitrogens is 1. The average Bonchev–Trinajstić information content (AvgIpc) is 3.98. The van der Waals surface area contributed by atoms with Crippen LogP contribution in [0, 0.1) is 0 Å². The van der Waals surface area contributed by atoms with Gasteiger partial charge in [-0.3, -0.25) is 4.55 Å². The highest BCUT2D eigenvalue weighted by atomic mass is 32.2. The summed E-state index contributed by atoms with van der Waals surface area (Å²) in [4.78, 5) is 3.54. The van der Waals surface area contributed by atoms with Crippen LogP contribution in [0.1, 0.15) is 67.1 Å². The molecule has 3 atom stereocenters. The number of rotatable bonds is 14. The van der Waals surface area contributed by atoms with Crippen LogP contribution >= 0.6 is 34.4 Å². The first-order chi connectivity index (χ1) is 27.1. The summed E-state index contributed by atoms with van der Waals surface area (Å²) in [5.74, 6) is 0.438. The van der Waals surface area contributed by atoms with E-state index in [1.165, 1.54) is 31.7 Å². The molecule has 2 aromatic heterocycles. The van der Waals surface area contributed by atoms with Crippen molar-refractivity contribution in [1.29, 1.82) is 0 Å². The molecule has 12 heteroatoms. The van der Waals surface area contributed by atoms with Crippen molar-refractivity contribution >= 4 is 93.8 Å². The van der Waals surface area contributed by atoms with Gasteiger partial charge in [0.2, 0.25) is 5.52 Å². The summed E-state index contributed by atoms with van der Waals surface area (Å²) >= 11 is 3.33. The molecule has 3 unspecified atom stereocenters. The van der Waals surface area contributed by atoms with E-state index in [-0.39, 0.29) is 18.1 Å². The largest absolute Gasteiger partial charge is 0.335 e. The molecule has 1 aliphatic heterocycles. The molecule has 0 fully saturated rings. The van der Waals surface area contributed by atoms with Crippen LogP contribution in [-0.2, 0) is 27.7 Å². The minimum Gasteiger partial charge on any atom is -0.335 e. The number of fused-ring (bicyclic) bond motifs is 4. The fraction of sp³-hybridized carbons (Fsp3) is 0.250. The van der Waals surface area contributed by atoms with Gasteiger partial charge in [0, 0.05) is 51.8 Å². The summed E-state index contributed by atoms with van der Waals surface area (Å²) < 4.78 is 59.5. The number of benzene rings is 4. The number of anilines is 1. The van der Waals surface area contributed by atoms with E-state index >= 15 is 0 Å². The van der Waals surface area contributed by atoms with Crippen LogP contribution in [0.4, 0.5) is 5.69 Å². The smallest absolute Gasteiger partial charge is 0.267 e. The van der Waals surface area contributed by atoms with Crippen molar-refractivity contribution in [2.45, 2.75) is 62.1 Å². The Morgan fingerprint density at radius 2 is 1.88 bits per heavy atom. The Balaban J connectivity index is 1.17. The Bertz CT molecular complexity index is 2670. The maximum absolute atomic E-state index is 12.1. The number of hydrogen-bond donors (Lipinski definition) is 2. The highest BCUT2D eigenvalue weighted by molar-refractivity contribution is 8.03. The van der Waals surface area contributed by atoms with E-state index in [0.717, 1.165) is 62.0 Å². The molecule has 0 saturated carbocycles. The lowest BCUT2D eigenvalue weighted by Crippen LogP contribution is -2.37. The molecule has 288 valence electrons. The lowest BCUT2D eigenvalue weighted by atomic mass is 9.93. The minimum absolute atomic E-state index is 0.185. The summed E-state index contributed by atoms with van der Waals surface area (Å²) in [6.45, 7) is 4.85. The number of thiazole rings is 1. The predicted octanol–water partition coefficient (Wildman–Crippen LogP) is 11.1. The van der Waals surface area contributed by atoms with Crippen molar-refractivity contribution in [1.82, 2.24) is 0 Å². The van der Waals surface area contributed by atoms with Crippen molar-refractivity contribution in [3.05, 3.63) is 135 Å². The van der Waals surface area contributed by atoms with Gasteiger partial charge in [0.25, 0.3) is 15.1 Å². The first-order valence-electron chi connectivity index (χ1n) is 18.8. The van der Waals surface area contributed by atoms with E-state index in [0.29, 0.717) is 13.0 Å². The number of nitrogens with zero attached hydrogens (tertiary/aromatic N) is 2. The normalized spacial score (nSPS) is 17.3. The highest BCUT2D eigenvalue weighted by Crippen LogP contribution is 2.49. The number of hydrogen-bond acceptors (Lipinski definition) is 7. The minimum atomic E-state index is -4.18. The molecule has 0 saturated heterocycles. The second-order valence-electron chi connectivity index (χ2n) is 14.3. The zero-order chi connectivity index (χ0) is 39.0. The maximum Gasteiger partial charge on any atom is 0.267 e. The molecule has 2 N–H and O–H groups in total. The van der Waals surface area contributed by atoms with Gasteiger partial charge < -0.3 is 9.45 Å². The topological polar surface area (TPSA) is 98.8 Å². The molecule has 0 bridgehead atoms. The lowest BCUT2D eigenvalue weighted by molar-refractivity contribution is -0.669. The van der Waals surface area contributed by atoms with E-state index in [1.807, 2.05) is 0 Å². The zero-order valence-electron chi connectivity index (χ0n) is 31.1. The number of thioether (sulfide) groups is 1. The van der Waals surface area contributed by atoms with Crippen LogP contribution in [-0.4, -0.2) is 39.3 Å². The summed E-state index contributed by atoms with van der Waals surface area (Å²) in [5.41, 5.74) is 9.35. The molecule has 6 aromatic rings. The monoisotopic (exact) mass is 839 g/mol. The fourth-order valence-corrected chi connectivity index (χ4v) is 11.5. The Labute approximate surface area is 343 Å². The van der Waals surface area contributed by atoms with Gasteiger partial charge in [-0.05, 0) is 101 Å². The lowest BCUT2D eigenvalue weighted by Gasteiger charge is -2.22.